The average molecular weight is 859 g/mol. The van der Waals surface area contributed by atoms with Crippen LogP contribution >= 0.6 is 0 Å². The Morgan fingerprint density at radius 3 is 2.04 bits per heavy atom. The smallest absolute Gasteiger partial charge is 0.170 e. The molecule has 0 unspecified atom stereocenters. The van der Waals surface area contributed by atoms with Gasteiger partial charge in [0.15, 0.2) is 5.95 Å². The summed E-state index contributed by atoms with van der Waals surface area (Å²) in [5.41, 5.74) is 7.96. The maximum Gasteiger partial charge on any atom is 0.170 e. The Kier molecular flexibility index (Phi) is 9.89. The first-order valence-electron chi connectivity index (χ1n) is 16.5. The fourth-order valence-electron chi connectivity index (χ4n) is 5.98. The van der Waals surface area contributed by atoms with Gasteiger partial charge in [-0.3, -0.25) is 4.98 Å². The molecule has 0 atom stereocenters. The zero-order chi connectivity index (χ0) is 35.2. The van der Waals surface area contributed by atoms with E-state index in [1.807, 2.05) is 80.9 Å². The third-order valence-electron chi connectivity index (χ3n) is 8.77. The molecule has 0 amide bonds. The van der Waals surface area contributed by atoms with Gasteiger partial charge in [0.2, 0.25) is 0 Å². The fourth-order valence-corrected chi connectivity index (χ4v) is 5.98. The largest absolute Gasteiger partial charge is 0.498 e. The van der Waals surface area contributed by atoms with Gasteiger partial charge >= 0.3 is 0 Å². The van der Waals surface area contributed by atoms with Gasteiger partial charge < -0.3 is 19.5 Å². The van der Waals surface area contributed by atoms with Crippen LogP contribution in [0.15, 0.2) is 109 Å². The molecule has 1 aliphatic heterocycles. The summed E-state index contributed by atoms with van der Waals surface area (Å²) >= 11 is 0. The average Bonchev–Trinajstić information content (AvgIpc) is 3.49. The van der Waals surface area contributed by atoms with E-state index in [0.29, 0.717) is 11.4 Å². The van der Waals surface area contributed by atoms with Crippen molar-refractivity contribution < 1.29 is 34.6 Å². The van der Waals surface area contributed by atoms with Crippen LogP contribution < -0.4 is 14.5 Å². The minimum Gasteiger partial charge on any atom is -0.498 e. The van der Waals surface area contributed by atoms with Crippen molar-refractivity contribution in [3.8, 4) is 33.9 Å². The third kappa shape index (κ3) is 7.31. The molecule has 7 rings (SSSR count). The predicted octanol–water partition coefficient (Wildman–Crippen LogP) is 11.5. The van der Waals surface area contributed by atoms with E-state index in [4.69, 9.17) is 4.74 Å². The molecule has 6 aromatic rings. The summed E-state index contributed by atoms with van der Waals surface area (Å²) < 4.78 is 36.0. The minimum absolute atomic E-state index is 0. The number of hydrogen-bond donors (Lipinski definition) is 0. The molecule has 8 heteroatoms. The zero-order valence-electron chi connectivity index (χ0n) is 29.2. The van der Waals surface area contributed by atoms with Gasteiger partial charge in [0, 0.05) is 55.6 Å². The molecule has 0 saturated carbocycles. The van der Waals surface area contributed by atoms with Gasteiger partial charge in [0.25, 0.3) is 0 Å². The summed E-state index contributed by atoms with van der Waals surface area (Å²) in [6.45, 7) is 14.8. The van der Waals surface area contributed by atoms with Gasteiger partial charge in [-0.05, 0) is 57.5 Å². The van der Waals surface area contributed by atoms with Gasteiger partial charge in [-0.1, -0.05) is 114 Å². The molecule has 2 aromatic heterocycles. The summed E-state index contributed by atoms with van der Waals surface area (Å²) in [5, 5.41) is 0. The van der Waals surface area contributed by atoms with E-state index in [1.54, 1.807) is 24.4 Å². The first-order chi connectivity index (χ1) is 23.9. The monoisotopic (exact) mass is 858 g/mol. The van der Waals surface area contributed by atoms with Gasteiger partial charge in [0.1, 0.15) is 5.95 Å². The van der Waals surface area contributed by atoms with Crippen molar-refractivity contribution in [1.29, 1.82) is 0 Å². The van der Waals surface area contributed by atoms with Crippen molar-refractivity contribution >= 4 is 22.7 Å². The molecule has 3 heterocycles. The van der Waals surface area contributed by atoms with Crippen molar-refractivity contribution in [1.82, 2.24) is 9.97 Å². The van der Waals surface area contributed by atoms with Crippen LogP contribution in [0, 0.1) is 30.7 Å². The van der Waals surface area contributed by atoms with Crippen LogP contribution in [-0.4, -0.2) is 9.97 Å². The Balaban J connectivity index is 0.00000448. The quantitative estimate of drug-likeness (QED) is 0.123. The van der Waals surface area contributed by atoms with E-state index in [9.17, 15) is 4.39 Å². The molecule has 0 fully saturated rings. The molecule has 0 aliphatic carbocycles. The van der Waals surface area contributed by atoms with Crippen molar-refractivity contribution in [3.63, 3.8) is 0 Å². The number of benzene rings is 4. The Morgan fingerprint density at radius 1 is 0.667 bits per heavy atom. The van der Waals surface area contributed by atoms with Crippen LogP contribution in [0.1, 0.15) is 52.7 Å². The first kappa shape index (κ1) is 35.9. The molecule has 262 valence electrons. The van der Waals surface area contributed by atoms with E-state index >= 15 is 4.39 Å². The number of aromatic nitrogens is 2. The van der Waals surface area contributed by atoms with Gasteiger partial charge in [-0.15, -0.1) is 30.6 Å². The van der Waals surface area contributed by atoms with E-state index in [-0.39, 0.29) is 49.0 Å². The number of anilines is 4. The molecule has 0 spiro atoms. The second-order valence-corrected chi connectivity index (χ2v) is 14.4. The number of fused-ring (bicyclic) bond motifs is 1. The second kappa shape index (κ2) is 14.0. The third-order valence-corrected chi connectivity index (χ3v) is 8.77. The summed E-state index contributed by atoms with van der Waals surface area (Å²) in [5.74, 6) is -2.26. The van der Waals surface area contributed by atoms with Crippen molar-refractivity contribution in [2.45, 2.75) is 52.4 Å². The van der Waals surface area contributed by atoms with Crippen molar-refractivity contribution in [3.05, 3.63) is 151 Å². The summed E-state index contributed by atoms with van der Waals surface area (Å²) in [6.07, 6.45) is 1.60. The number of hydrogen-bond acceptors (Lipinski definition) is 5. The summed E-state index contributed by atoms with van der Waals surface area (Å²) in [4.78, 5) is 12.0. The first-order valence-corrected chi connectivity index (χ1v) is 16.5. The SMILES string of the molecule is CC(C)(C)c1ccnc(-c2[c-]c(Oc3[c-]c(N4[CH-]N(c5cc(C(C)(C)C)ccc5-c5ccccc5)c5ccccc54)ccc3)c(F)nc2F)c1.[Pt]. The van der Waals surface area contributed by atoms with Gasteiger partial charge in [-0.2, -0.15) is 6.07 Å². The number of rotatable bonds is 6. The van der Waals surface area contributed by atoms with Crippen LogP contribution in [-0.2, 0) is 31.9 Å². The summed E-state index contributed by atoms with van der Waals surface area (Å²) in [7, 11) is 0. The zero-order valence-corrected chi connectivity index (χ0v) is 31.5. The topological polar surface area (TPSA) is 41.5 Å². The molecule has 1 aliphatic rings. The number of para-hydroxylation sites is 2. The van der Waals surface area contributed by atoms with Crippen LogP contribution in [0.4, 0.5) is 31.5 Å². The number of halogens is 2. The molecule has 0 saturated heterocycles. The Bertz CT molecular complexity index is 2190. The Morgan fingerprint density at radius 2 is 1.33 bits per heavy atom. The molecule has 0 bridgehead atoms. The van der Waals surface area contributed by atoms with Gasteiger partial charge in [0.05, 0.1) is 5.75 Å². The Hall–Kier alpha value is -4.87. The molecular formula is C43H37F2N4OPt-3. The number of nitrogens with zero attached hydrogens (tertiary/aromatic N) is 4. The van der Waals surface area contributed by atoms with Gasteiger partial charge in [-0.25, -0.2) is 8.78 Å². The van der Waals surface area contributed by atoms with Crippen LogP contribution in [0.5, 0.6) is 11.5 Å². The van der Waals surface area contributed by atoms with Crippen LogP contribution in [0.3, 0.4) is 0 Å². The predicted molar refractivity (Wildman–Crippen MR) is 196 cm³/mol. The van der Waals surface area contributed by atoms with Crippen molar-refractivity contribution in [2.24, 2.45) is 0 Å². The fraction of sp³-hybridized carbons (Fsp3) is 0.186. The molecule has 51 heavy (non-hydrogen) atoms. The maximum atomic E-state index is 15.1. The molecule has 5 nitrogen and oxygen atoms in total. The molecule has 0 radical (unpaired) electrons. The Labute approximate surface area is 313 Å². The van der Waals surface area contributed by atoms with E-state index in [2.05, 4.69) is 84.2 Å². The maximum absolute atomic E-state index is 15.1. The number of ether oxygens (including phenoxy) is 1. The van der Waals surface area contributed by atoms with Crippen LogP contribution in [0.2, 0.25) is 0 Å². The molecule has 4 aromatic carbocycles. The van der Waals surface area contributed by atoms with E-state index in [1.165, 1.54) is 5.56 Å². The standard InChI is InChI=1S/C43H37F2N4O.Pt/c1-42(2,3)29-19-20-33(28-13-8-7-9-14-28)38(24-29)49-27-48(36-17-10-11-18-37(36)49)31-15-12-16-32(25-31)50-39-26-34(40(44)47-41(39)45)35-23-30(21-22-46-35)43(4,5)6;/h7-24,27H,1-6H3;/q-3;. The molecule has 0 N–H and O–H groups in total. The van der Waals surface area contributed by atoms with Crippen molar-refractivity contribution in [2.75, 3.05) is 9.80 Å². The number of pyridine rings is 2. The minimum atomic E-state index is -1.12. The second-order valence-electron chi connectivity index (χ2n) is 14.4. The van der Waals surface area contributed by atoms with E-state index in [0.717, 1.165) is 33.8 Å². The van der Waals surface area contributed by atoms with E-state index < -0.39 is 11.9 Å². The molecular weight excluding hydrogens is 822 g/mol. The summed E-state index contributed by atoms with van der Waals surface area (Å²) in [6, 6.07) is 40.2. The normalized spacial score (nSPS) is 12.8. The van der Waals surface area contributed by atoms with Crippen LogP contribution in [0.25, 0.3) is 22.4 Å².